The van der Waals surface area contributed by atoms with Crippen LogP contribution in [-0.4, -0.2) is 40.4 Å². The summed E-state index contributed by atoms with van der Waals surface area (Å²) in [5.41, 5.74) is 0.779. The van der Waals surface area contributed by atoms with Gasteiger partial charge in [0.05, 0.1) is 22.7 Å². The minimum atomic E-state index is -0.235. The van der Waals surface area contributed by atoms with E-state index in [-0.39, 0.29) is 5.41 Å². The smallest absolute Gasteiger partial charge is 0.231 e. The number of carbonyl (C=O) groups is 1. The van der Waals surface area contributed by atoms with Crippen LogP contribution in [-0.2, 0) is 11.3 Å². The van der Waals surface area contributed by atoms with E-state index in [9.17, 15) is 4.79 Å². The summed E-state index contributed by atoms with van der Waals surface area (Å²) in [6, 6.07) is 5.98. The molecule has 4 rings (SSSR count). The third-order valence-corrected chi connectivity index (χ3v) is 5.99. The zero-order valence-corrected chi connectivity index (χ0v) is 14.8. The molecular formula is C18H22N4OS. The largest absolute Gasteiger partial charge is 0.356 e. The van der Waals surface area contributed by atoms with E-state index in [1.807, 2.05) is 36.2 Å². The number of rotatable bonds is 3. The molecule has 0 aromatic carbocycles. The maximum Gasteiger partial charge on any atom is 0.231 e. The Morgan fingerprint density at radius 1 is 1.29 bits per heavy atom. The molecule has 2 aliphatic heterocycles. The fourth-order valence-corrected chi connectivity index (χ4v) is 4.57. The number of likely N-dealkylation sites (tertiary alicyclic amines) is 1. The van der Waals surface area contributed by atoms with Gasteiger partial charge in [0.1, 0.15) is 5.82 Å². The van der Waals surface area contributed by atoms with Crippen LogP contribution < -0.4 is 4.90 Å². The molecule has 1 spiro atoms. The molecular weight excluding hydrogens is 320 g/mol. The zero-order chi connectivity index (χ0) is 16.6. The third-order valence-electron chi connectivity index (χ3n) is 5.17. The van der Waals surface area contributed by atoms with Gasteiger partial charge in [-0.05, 0) is 38.3 Å². The van der Waals surface area contributed by atoms with Gasteiger partial charge in [-0.1, -0.05) is 6.07 Å². The number of hydrogen-bond donors (Lipinski definition) is 0. The summed E-state index contributed by atoms with van der Waals surface area (Å²) in [7, 11) is 0. The average molecular weight is 342 g/mol. The van der Waals surface area contributed by atoms with Gasteiger partial charge in [-0.15, -0.1) is 11.3 Å². The van der Waals surface area contributed by atoms with Gasteiger partial charge in [0.25, 0.3) is 0 Å². The number of aryl methyl sites for hydroxylation is 1. The standard InChI is InChI=1S/C18H22N4OS/c1-14-20-15(12-24-14)11-21-10-7-18(17(21)23)6-4-9-22(13-18)16-5-2-3-8-19-16/h2-3,5,8,12H,4,6-7,9-11,13H2,1H3. The molecule has 0 aliphatic carbocycles. The number of hydrogen-bond acceptors (Lipinski definition) is 5. The maximum atomic E-state index is 13.1. The Kier molecular flexibility index (Phi) is 4.00. The number of aromatic nitrogens is 2. The quantitative estimate of drug-likeness (QED) is 0.861. The summed E-state index contributed by atoms with van der Waals surface area (Å²) >= 11 is 1.65. The van der Waals surface area contributed by atoms with Gasteiger partial charge in [-0.3, -0.25) is 4.79 Å². The summed E-state index contributed by atoms with van der Waals surface area (Å²) in [5, 5.41) is 3.12. The van der Waals surface area contributed by atoms with Crippen molar-refractivity contribution in [2.24, 2.45) is 5.41 Å². The van der Waals surface area contributed by atoms with Crippen LogP contribution in [0.2, 0.25) is 0 Å². The van der Waals surface area contributed by atoms with Crippen molar-refractivity contribution in [2.45, 2.75) is 32.7 Å². The van der Waals surface area contributed by atoms with E-state index < -0.39 is 0 Å². The second-order valence-electron chi connectivity index (χ2n) is 6.83. The molecule has 5 nitrogen and oxygen atoms in total. The monoisotopic (exact) mass is 342 g/mol. The van der Waals surface area contributed by atoms with E-state index in [0.717, 1.165) is 55.4 Å². The second-order valence-corrected chi connectivity index (χ2v) is 7.89. The Bertz CT molecular complexity index is 732. The van der Waals surface area contributed by atoms with E-state index in [2.05, 4.69) is 20.2 Å². The molecule has 2 aliphatic rings. The summed E-state index contributed by atoms with van der Waals surface area (Å²) in [4.78, 5) is 26.4. The molecule has 2 aromatic rings. The third kappa shape index (κ3) is 2.79. The number of thiazole rings is 1. The van der Waals surface area contributed by atoms with Gasteiger partial charge in [0.15, 0.2) is 0 Å². The fourth-order valence-electron chi connectivity index (χ4n) is 3.97. The molecule has 1 atom stereocenters. The van der Waals surface area contributed by atoms with Gasteiger partial charge < -0.3 is 9.80 Å². The summed E-state index contributed by atoms with van der Waals surface area (Å²) in [6.07, 6.45) is 4.80. The van der Waals surface area contributed by atoms with Crippen molar-refractivity contribution in [3.8, 4) is 0 Å². The minimum Gasteiger partial charge on any atom is -0.356 e. The molecule has 2 saturated heterocycles. The predicted molar refractivity (Wildman–Crippen MR) is 95.0 cm³/mol. The minimum absolute atomic E-state index is 0.235. The van der Waals surface area contributed by atoms with E-state index in [1.165, 1.54) is 0 Å². The summed E-state index contributed by atoms with van der Waals surface area (Å²) < 4.78 is 0. The van der Waals surface area contributed by atoms with E-state index in [0.29, 0.717) is 12.5 Å². The lowest BCUT2D eigenvalue weighted by atomic mass is 9.78. The molecule has 24 heavy (non-hydrogen) atoms. The number of carbonyl (C=O) groups excluding carboxylic acids is 1. The lowest BCUT2D eigenvalue weighted by Crippen LogP contribution is -2.48. The Hall–Kier alpha value is -1.95. The molecule has 2 aromatic heterocycles. The number of pyridine rings is 1. The first-order valence-corrected chi connectivity index (χ1v) is 9.41. The van der Waals surface area contributed by atoms with Crippen LogP contribution in [0.4, 0.5) is 5.82 Å². The van der Waals surface area contributed by atoms with Gasteiger partial charge in [-0.2, -0.15) is 0 Å². The number of anilines is 1. The van der Waals surface area contributed by atoms with Gasteiger partial charge in [-0.25, -0.2) is 9.97 Å². The van der Waals surface area contributed by atoms with Crippen molar-refractivity contribution in [1.82, 2.24) is 14.9 Å². The molecule has 4 heterocycles. The second kappa shape index (κ2) is 6.16. The van der Waals surface area contributed by atoms with Crippen LogP contribution in [0.25, 0.3) is 0 Å². The van der Waals surface area contributed by atoms with E-state index in [4.69, 9.17) is 0 Å². The first-order valence-electron chi connectivity index (χ1n) is 8.53. The molecule has 0 N–H and O–H groups in total. The van der Waals surface area contributed by atoms with Crippen molar-refractivity contribution in [1.29, 1.82) is 0 Å². The molecule has 126 valence electrons. The van der Waals surface area contributed by atoms with Crippen molar-refractivity contribution in [2.75, 3.05) is 24.5 Å². The van der Waals surface area contributed by atoms with Crippen LogP contribution in [0.3, 0.4) is 0 Å². The molecule has 0 bridgehead atoms. The Labute approximate surface area is 146 Å². The molecule has 0 saturated carbocycles. The van der Waals surface area contributed by atoms with Crippen molar-refractivity contribution in [3.05, 3.63) is 40.5 Å². The SMILES string of the molecule is Cc1nc(CN2CCC3(CCCN(c4ccccn4)C3)C2=O)cs1. The summed E-state index contributed by atoms with van der Waals surface area (Å²) in [6.45, 7) is 5.26. The first kappa shape index (κ1) is 15.6. The molecule has 1 amide bonds. The number of amides is 1. The van der Waals surface area contributed by atoms with Gasteiger partial charge in [0, 0.05) is 31.2 Å². The van der Waals surface area contributed by atoms with Gasteiger partial charge >= 0.3 is 0 Å². The van der Waals surface area contributed by atoms with Crippen LogP contribution in [0.5, 0.6) is 0 Å². The first-order chi connectivity index (χ1) is 11.7. The van der Waals surface area contributed by atoms with Crippen LogP contribution in [0.1, 0.15) is 30.0 Å². The highest BCUT2D eigenvalue weighted by Crippen LogP contribution is 2.41. The Morgan fingerprint density at radius 3 is 2.96 bits per heavy atom. The van der Waals surface area contributed by atoms with Crippen LogP contribution in [0, 0.1) is 12.3 Å². The van der Waals surface area contributed by atoms with E-state index >= 15 is 0 Å². The summed E-state index contributed by atoms with van der Waals surface area (Å²) in [5.74, 6) is 1.28. The highest BCUT2D eigenvalue weighted by molar-refractivity contribution is 7.09. The van der Waals surface area contributed by atoms with E-state index in [1.54, 1.807) is 11.3 Å². The number of piperidine rings is 1. The lowest BCUT2D eigenvalue weighted by Gasteiger charge is -2.39. The zero-order valence-electron chi connectivity index (χ0n) is 13.9. The molecule has 2 fully saturated rings. The normalized spacial score (nSPS) is 24.1. The van der Waals surface area contributed by atoms with Gasteiger partial charge in [0.2, 0.25) is 5.91 Å². The van der Waals surface area contributed by atoms with Crippen molar-refractivity contribution >= 4 is 23.1 Å². The average Bonchev–Trinajstić information content (AvgIpc) is 3.15. The topological polar surface area (TPSA) is 49.3 Å². The fraction of sp³-hybridized carbons (Fsp3) is 0.500. The maximum absolute atomic E-state index is 13.1. The Balaban J connectivity index is 1.50. The lowest BCUT2D eigenvalue weighted by molar-refractivity contribution is -0.137. The van der Waals surface area contributed by atoms with Crippen LogP contribution in [0.15, 0.2) is 29.8 Å². The molecule has 0 radical (unpaired) electrons. The molecule has 1 unspecified atom stereocenters. The highest BCUT2D eigenvalue weighted by Gasteiger charge is 2.49. The van der Waals surface area contributed by atoms with Crippen molar-refractivity contribution in [3.63, 3.8) is 0 Å². The van der Waals surface area contributed by atoms with Crippen molar-refractivity contribution < 1.29 is 4.79 Å². The van der Waals surface area contributed by atoms with Crippen LogP contribution >= 0.6 is 11.3 Å². The number of nitrogens with zero attached hydrogens (tertiary/aromatic N) is 4. The Morgan fingerprint density at radius 2 is 2.21 bits per heavy atom. The predicted octanol–water partition coefficient (Wildman–Crippen LogP) is 2.87. The highest BCUT2D eigenvalue weighted by atomic mass is 32.1. The molecule has 6 heteroatoms.